The zero-order valence-electron chi connectivity index (χ0n) is 11.9. The lowest BCUT2D eigenvalue weighted by Gasteiger charge is -2.22. The summed E-state index contributed by atoms with van der Waals surface area (Å²) in [4.78, 5) is 12.0. The van der Waals surface area contributed by atoms with Crippen LogP contribution in [0.1, 0.15) is 30.1 Å². The lowest BCUT2D eigenvalue weighted by Crippen LogP contribution is -2.31. The normalized spacial score (nSPS) is 21.4. The van der Waals surface area contributed by atoms with Gasteiger partial charge in [0.05, 0.1) is 29.2 Å². The predicted octanol–water partition coefficient (Wildman–Crippen LogP) is 1.99. The smallest absolute Gasteiger partial charge is 0.338 e. The standard InChI is InChI=1S/C15H17N3O3/c1-15(7-2-10-21-15)11-20-14(19)12-3-5-13(6-4-12)18-9-8-16-17-18/h3-6,8-9H,2,7,10-11H2,1H3/t15-/m0/s1. The summed E-state index contributed by atoms with van der Waals surface area (Å²) < 4.78 is 12.6. The molecule has 1 aliphatic rings. The average Bonchev–Trinajstić information content (AvgIpc) is 3.17. The Hall–Kier alpha value is -2.21. The van der Waals surface area contributed by atoms with Crippen LogP contribution in [0.5, 0.6) is 0 Å². The van der Waals surface area contributed by atoms with Gasteiger partial charge in [-0.1, -0.05) is 5.21 Å². The van der Waals surface area contributed by atoms with Gasteiger partial charge < -0.3 is 9.47 Å². The first-order chi connectivity index (χ1) is 10.2. The topological polar surface area (TPSA) is 66.2 Å². The molecule has 0 amide bonds. The van der Waals surface area contributed by atoms with Gasteiger partial charge in [0.2, 0.25) is 0 Å². The van der Waals surface area contributed by atoms with Crippen molar-refractivity contribution in [1.82, 2.24) is 15.0 Å². The van der Waals surface area contributed by atoms with Gasteiger partial charge in [0.1, 0.15) is 6.61 Å². The average molecular weight is 287 g/mol. The van der Waals surface area contributed by atoms with Crippen LogP contribution in [0.4, 0.5) is 0 Å². The Morgan fingerprint density at radius 3 is 2.86 bits per heavy atom. The lowest BCUT2D eigenvalue weighted by molar-refractivity contribution is -0.0378. The molecule has 1 saturated heterocycles. The number of benzene rings is 1. The highest BCUT2D eigenvalue weighted by Gasteiger charge is 2.31. The van der Waals surface area contributed by atoms with Crippen molar-refractivity contribution in [3.05, 3.63) is 42.2 Å². The fourth-order valence-corrected chi connectivity index (χ4v) is 2.35. The number of carbonyl (C=O) groups excluding carboxylic acids is 1. The van der Waals surface area contributed by atoms with E-state index in [1.165, 1.54) is 0 Å². The summed E-state index contributed by atoms with van der Waals surface area (Å²) in [7, 11) is 0. The second-order valence-electron chi connectivity index (χ2n) is 5.37. The molecule has 3 rings (SSSR count). The van der Waals surface area contributed by atoms with Crippen LogP contribution in [0.3, 0.4) is 0 Å². The molecule has 1 aromatic carbocycles. The molecule has 1 fully saturated rings. The van der Waals surface area contributed by atoms with E-state index in [2.05, 4.69) is 10.3 Å². The van der Waals surface area contributed by atoms with Crippen LogP contribution in [0.2, 0.25) is 0 Å². The highest BCUT2D eigenvalue weighted by molar-refractivity contribution is 5.89. The third-order valence-electron chi connectivity index (χ3n) is 3.60. The molecule has 0 aliphatic carbocycles. The molecule has 0 N–H and O–H groups in total. The van der Waals surface area contributed by atoms with Gasteiger partial charge in [0, 0.05) is 6.61 Å². The molecule has 0 bridgehead atoms. The quantitative estimate of drug-likeness (QED) is 0.805. The van der Waals surface area contributed by atoms with Gasteiger partial charge in [-0.3, -0.25) is 0 Å². The summed E-state index contributed by atoms with van der Waals surface area (Å²) in [6.45, 7) is 3.00. The molecule has 0 spiro atoms. The van der Waals surface area contributed by atoms with Crippen molar-refractivity contribution in [3.63, 3.8) is 0 Å². The summed E-state index contributed by atoms with van der Waals surface area (Å²) in [6.07, 6.45) is 5.28. The molecule has 6 nitrogen and oxygen atoms in total. The summed E-state index contributed by atoms with van der Waals surface area (Å²) >= 11 is 0. The summed E-state index contributed by atoms with van der Waals surface area (Å²) in [6, 6.07) is 7.05. The second-order valence-corrected chi connectivity index (χ2v) is 5.37. The van der Waals surface area contributed by atoms with Crippen LogP contribution in [-0.2, 0) is 9.47 Å². The van der Waals surface area contributed by atoms with Crippen LogP contribution in [0.15, 0.2) is 36.7 Å². The first-order valence-electron chi connectivity index (χ1n) is 6.94. The molecule has 2 aromatic rings. The number of aromatic nitrogens is 3. The Labute approximate surface area is 122 Å². The number of nitrogens with zero attached hydrogens (tertiary/aromatic N) is 3. The molecule has 0 saturated carbocycles. The van der Waals surface area contributed by atoms with Crippen molar-refractivity contribution in [2.75, 3.05) is 13.2 Å². The number of rotatable bonds is 4. The zero-order valence-corrected chi connectivity index (χ0v) is 11.9. The fourth-order valence-electron chi connectivity index (χ4n) is 2.35. The molecule has 1 atom stereocenters. The maximum atomic E-state index is 12.0. The number of carbonyl (C=O) groups is 1. The minimum Gasteiger partial charge on any atom is -0.459 e. The number of hydrogen-bond acceptors (Lipinski definition) is 5. The number of esters is 1. The van der Waals surface area contributed by atoms with E-state index in [4.69, 9.17) is 9.47 Å². The van der Waals surface area contributed by atoms with Crippen LogP contribution in [-0.4, -0.2) is 39.8 Å². The minimum absolute atomic E-state index is 0.288. The Morgan fingerprint density at radius 1 is 1.43 bits per heavy atom. The largest absolute Gasteiger partial charge is 0.459 e. The van der Waals surface area contributed by atoms with E-state index in [0.29, 0.717) is 5.56 Å². The van der Waals surface area contributed by atoms with E-state index in [1.54, 1.807) is 41.3 Å². The molecule has 1 aliphatic heterocycles. The van der Waals surface area contributed by atoms with Gasteiger partial charge in [0.25, 0.3) is 0 Å². The van der Waals surface area contributed by atoms with Gasteiger partial charge in [-0.2, -0.15) is 0 Å². The van der Waals surface area contributed by atoms with Gasteiger partial charge in [0.15, 0.2) is 0 Å². The van der Waals surface area contributed by atoms with Crippen molar-refractivity contribution in [1.29, 1.82) is 0 Å². The van der Waals surface area contributed by atoms with E-state index in [0.717, 1.165) is 25.1 Å². The molecule has 21 heavy (non-hydrogen) atoms. The molecule has 2 heterocycles. The maximum Gasteiger partial charge on any atom is 0.338 e. The third-order valence-corrected chi connectivity index (χ3v) is 3.60. The van der Waals surface area contributed by atoms with Gasteiger partial charge in [-0.05, 0) is 44.0 Å². The summed E-state index contributed by atoms with van der Waals surface area (Å²) in [5, 5.41) is 7.64. The number of hydrogen-bond donors (Lipinski definition) is 0. The molecular weight excluding hydrogens is 270 g/mol. The Kier molecular flexibility index (Phi) is 3.70. The zero-order chi connectivity index (χ0) is 14.7. The number of ether oxygens (including phenoxy) is 2. The van der Waals surface area contributed by atoms with E-state index >= 15 is 0 Å². The highest BCUT2D eigenvalue weighted by Crippen LogP contribution is 2.25. The Morgan fingerprint density at radius 2 is 2.24 bits per heavy atom. The van der Waals surface area contributed by atoms with Gasteiger partial charge in [-0.15, -0.1) is 5.10 Å². The summed E-state index contributed by atoms with van der Waals surface area (Å²) in [5.41, 5.74) is 1.02. The first kappa shape index (κ1) is 13.8. The van der Waals surface area contributed by atoms with E-state index in [-0.39, 0.29) is 18.2 Å². The summed E-state index contributed by atoms with van der Waals surface area (Å²) in [5.74, 6) is -0.336. The van der Waals surface area contributed by atoms with Gasteiger partial charge >= 0.3 is 5.97 Å². The van der Waals surface area contributed by atoms with Crippen molar-refractivity contribution >= 4 is 5.97 Å². The first-order valence-corrected chi connectivity index (χ1v) is 6.94. The molecular formula is C15H17N3O3. The second kappa shape index (κ2) is 5.65. The molecule has 110 valence electrons. The highest BCUT2D eigenvalue weighted by atomic mass is 16.6. The van der Waals surface area contributed by atoms with Crippen molar-refractivity contribution in [2.24, 2.45) is 0 Å². The van der Waals surface area contributed by atoms with Crippen molar-refractivity contribution < 1.29 is 14.3 Å². The van der Waals surface area contributed by atoms with Crippen molar-refractivity contribution in [2.45, 2.75) is 25.4 Å². The Bertz CT molecular complexity index is 602. The van der Waals surface area contributed by atoms with E-state index in [1.807, 2.05) is 6.92 Å². The molecule has 1 aromatic heterocycles. The van der Waals surface area contributed by atoms with Crippen LogP contribution in [0.25, 0.3) is 5.69 Å². The SMILES string of the molecule is C[C@@]1(COC(=O)c2ccc(-n3ccnn3)cc2)CCCO1. The monoisotopic (exact) mass is 287 g/mol. The maximum absolute atomic E-state index is 12.0. The predicted molar refractivity (Wildman–Crippen MR) is 75.2 cm³/mol. The van der Waals surface area contributed by atoms with E-state index < -0.39 is 0 Å². The lowest BCUT2D eigenvalue weighted by atomic mass is 10.0. The van der Waals surface area contributed by atoms with Crippen LogP contribution >= 0.6 is 0 Å². The van der Waals surface area contributed by atoms with Crippen LogP contribution < -0.4 is 0 Å². The Balaban J connectivity index is 1.62. The third kappa shape index (κ3) is 3.11. The minimum atomic E-state index is -0.337. The van der Waals surface area contributed by atoms with Crippen molar-refractivity contribution in [3.8, 4) is 5.69 Å². The van der Waals surface area contributed by atoms with Gasteiger partial charge in [-0.25, -0.2) is 9.48 Å². The van der Waals surface area contributed by atoms with Crippen LogP contribution in [0, 0.1) is 0 Å². The van der Waals surface area contributed by atoms with E-state index in [9.17, 15) is 4.79 Å². The fraction of sp³-hybridized carbons (Fsp3) is 0.400. The molecule has 0 unspecified atom stereocenters. The molecule has 6 heteroatoms. The molecule has 0 radical (unpaired) electrons.